The second-order valence-electron chi connectivity index (χ2n) is 4.48. The topological polar surface area (TPSA) is 71.5 Å². The Bertz CT molecular complexity index is 450. The summed E-state index contributed by atoms with van der Waals surface area (Å²) in [4.78, 5) is 29.1. The molecular formula is C13H17N3O3. The summed E-state index contributed by atoms with van der Waals surface area (Å²) in [6, 6.07) is 3.32. The third-order valence-corrected chi connectivity index (χ3v) is 3.16. The number of hydrogen-bond acceptors (Lipinski definition) is 4. The maximum absolute atomic E-state index is 12.1. The Labute approximate surface area is 111 Å². The van der Waals surface area contributed by atoms with Crippen LogP contribution in [-0.4, -0.2) is 42.1 Å². The molecule has 0 aromatic carbocycles. The van der Waals surface area contributed by atoms with Crippen molar-refractivity contribution in [1.82, 2.24) is 9.88 Å². The van der Waals surface area contributed by atoms with Crippen molar-refractivity contribution in [3.05, 3.63) is 24.5 Å². The Morgan fingerprint density at radius 2 is 2.37 bits per heavy atom. The number of esters is 1. The highest BCUT2D eigenvalue weighted by molar-refractivity contribution is 5.89. The van der Waals surface area contributed by atoms with Gasteiger partial charge in [-0.3, -0.25) is 9.78 Å². The molecule has 1 fully saturated rings. The van der Waals surface area contributed by atoms with E-state index in [0.717, 1.165) is 12.8 Å². The molecule has 6 nitrogen and oxygen atoms in total. The molecule has 0 radical (unpaired) electrons. The minimum Gasteiger partial charge on any atom is -0.469 e. The predicted octanol–water partition coefficient (Wildman–Crippen LogP) is 1.50. The lowest BCUT2D eigenvalue weighted by Crippen LogP contribution is -2.44. The normalized spacial score (nSPS) is 18.8. The molecule has 2 heterocycles. The molecule has 1 aromatic heterocycles. The number of piperidine rings is 1. The molecule has 1 N–H and O–H groups in total. The standard InChI is InChI=1S/C13H17N3O3/c1-19-12(17)10-4-3-7-16(9-10)13(18)15-11-5-2-6-14-8-11/h2,5-6,8,10H,3-4,7,9H2,1H3,(H,15,18)/t10-/m1/s1. The lowest BCUT2D eigenvalue weighted by atomic mass is 9.98. The molecule has 1 aliphatic heterocycles. The number of anilines is 1. The third-order valence-electron chi connectivity index (χ3n) is 3.16. The van der Waals surface area contributed by atoms with E-state index in [9.17, 15) is 9.59 Å². The maximum Gasteiger partial charge on any atom is 0.321 e. The highest BCUT2D eigenvalue weighted by Gasteiger charge is 2.28. The number of nitrogens with zero attached hydrogens (tertiary/aromatic N) is 2. The van der Waals surface area contributed by atoms with Crippen LogP contribution in [0.2, 0.25) is 0 Å². The molecular weight excluding hydrogens is 246 g/mol. The molecule has 1 aliphatic rings. The van der Waals surface area contributed by atoms with E-state index in [4.69, 9.17) is 4.74 Å². The molecule has 6 heteroatoms. The van der Waals surface area contributed by atoms with Gasteiger partial charge in [-0.2, -0.15) is 0 Å². The highest BCUT2D eigenvalue weighted by atomic mass is 16.5. The molecule has 1 aromatic rings. The smallest absolute Gasteiger partial charge is 0.321 e. The molecule has 19 heavy (non-hydrogen) atoms. The fourth-order valence-electron chi connectivity index (χ4n) is 2.16. The number of ether oxygens (including phenoxy) is 1. The zero-order chi connectivity index (χ0) is 13.7. The average molecular weight is 263 g/mol. The van der Waals surface area contributed by atoms with Crippen LogP contribution in [0.5, 0.6) is 0 Å². The van der Waals surface area contributed by atoms with E-state index in [2.05, 4.69) is 10.3 Å². The average Bonchev–Trinajstić information content (AvgIpc) is 2.47. The summed E-state index contributed by atoms with van der Waals surface area (Å²) < 4.78 is 4.73. The van der Waals surface area contributed by atoms with Crippen LogP contribution in [-0.2, 0) is 9.53 Å². The first-order chi connectivity index (χ1) is 9.20. The molecule has 0 unspecified atom stereocenters. The summed E-state index contributed by atoms with van der Waals surface area (Å²) in [7, 11) is 1.37. The van der Waals surface area contributed by atoms with Crippen LogP contribution in [0.3, 0.4) is 0 Å². The van der Waals surface area contributed by atoms with Gasteiger partial charge in [0.25, 0.3) is 0 Å². The molecule has 0 saturated carbocycles. The Balaban J connectivity index is 1.94. The SMILES string of the molecule is COC(=O)[C@@H]1CCCN(C(=O)Nc2cccnc2)C1. The van der Waals surface area contributed by atoms with E-state index in [1.807, 2.05) is 0 Å². The fraction of sp³-hybridized carbons (Fsp3) is 0.462. The van der Waals surface area contributed by atoms with Crippen molar-refractivity contribution in [1.29, 1.82) is 0 Å². The number of nitrogens with one attached hydrogen (secondary N) is 1. The van der Waals surface area contributed by atoms with Gasteiger partial charge in [0.1, 0.15) is 0 Å². The summed E-state index contributed by atoms with van der Waals surface area (Å²) >= 11 is 0. The van der Waals surface area contributed by atoms with Gasteiger partial charge in [-0.05, 0) is 25.0 Å². The van der Waals surface area contributed by atoms with Crippen molar-refractivity contribution in [3.63, 3.8) is 0 Å². The second-order valence-corrected chi connectivity index (χ2v) is 4.48. The number of aromatic nitrogens is 1. The molecule has 0 spiro atoms. The Morgan fingerprint density at radius 1 is 1.53 bits per heavy atom. The second kappa shape index (κ2) is 6.17. The van der Waals surface area contributed by atoms with Crippen molar-refractivity contribution < 1.29 is 14.3 Å². The van der Waals surface area contributed by atoms with Crippen LogP contribution in [0.25, 0.3) is 0 Å². The zero-order valence-electron chi connectivity index (χ0n) is 10.8. The predicted molar refractivity (Wildman–Crippen MR) is 69.6 cm³/mol. The van der Waals surface area contributed by atoms with E-state index < -0.39 is 0 Å². The highest BCUT2D eigenvalue weighted by Crippen LogP contribution is 2.18. The van der Waals surface area contributed by atoms with Gasteiger partial charge in [0.05, 0.1) is 24.9 Å². The summed E-state index contributed by atoms with van der Waals surface area (Å²) in [5.74, 6) is -0.475. The van der Waals surface area contributed by atoms with Gasteiger partial charge in [0, 0.05) is 19.3 Å². The first kappa shape index (κ1) is 13.3. The van der Waals surface area contributed by atoms with Gasteiger partial charge >= 0.3 is 12.0 Å². The van der Waals surface area contributed by atoms with Gasteiger partial charge in [-0.15, -0.1) is 0 Å². The lowest BCUT2D eigenvalue weighted by Gasteiger charge is -2.31. The summed E-state index contributed by atoms with van der Waals surface area (Å²) in [5, 5.41) is 2.76. The number of amides is 2. The van der Waals surface area contributed by atoms with Gasteiger partial charge in [-0.1, -0.05) is 0 Å². The number of rotatable bonds is 2. The summed E-state index contributed by atoms with van der Waals surface area (Å²) in [5.41, 5.74) is 0.646. The number of likely N-dealkylation sites (tertiary alicyclic amines) is 1. The van der Waals surface area contributed by atoms with Crippen LogP contribution >= 0.6 is 0 Å². The third kappa shape index (κ3) is 3.43. The van der Waals surface area contributed by atoms with Crippen LogP contribution in [0.1, 0.15) is 12.8 Å². The molecule has 0 bridgehead atoms. The van der Waals surface area contributed by atoms with Crippen LogP contribution in [0.4, 0.5) is 10.5 Å². The minimum absolute atomic E-state index is 0.207. The Kier molecular flexibility index (Phi) is 4.33. The maximum atomic E-state index is 12.1. The molecule has 2 amide bonds. The first-order valence-corrected chi connectivity index (χ1v) is 6.24. The quantitative estimate of drug-likeness (QED) is 0.821. The molecule has 0 aliphatic carbocycles. The van der Waals surface area contributed by atoms with E-state index in [1.54, 1.807) is 29.4 Å². The monoisotopic (exact) mass is 263 g/mol. The summed E-state index contributed by atoms with van der Waals surface area (Å²) in [6.45, 7) is 1.05. The Morgan fingerprint density at radius 3 is 3.05 bits per heavy atom. The summed E-state index contributed by atoms with van der Waals surface area (Å²) in [6.07, 6.45) is 4.80. The van der Waals surface area contributed by atoms with Crippen molar-refractivity contribution in [2.75, 3.05) is 25.5 Å². The van der Waals surface area contributed by atoms with Crippen molar-refractivity contribution in [2.24, 2.45) is 5.92 Å². The largest absolute Gasteiger partial charge is 0.469 e. The van der Waals surface area contributed by atoms with Crippen molar-refractivity contribution in [3.8, 4) is 0 Å². The Hall–Kier alpha value is -2.11. The van der Waals surface area contributed by atoms with Gasteiger partial charge in [0.15, 0.2) is 0 Å². The molecule has 2 rings (SSSR count). The molecule has 1 atom stereocenters. The van der Waals surface area contributed by atoms with Crippen LogP contribution in [0, 0.1) is 5.92 Å². The molecule has 102 valence electrons. The van der Waals surface area contributed by atoms with Crippen LogP contribution in [0.15, 0.2) is 24.5 Å². The van der Waals surface area contributed by atoms with Crippen molar-refractivity contribution >= 4 is 17.7 Å². The number of methoxy groups -OCH3 is 1. The number of carbonyl (C=O) groups excluding carboxylic acids is 2. The fourth-order valence-corrected chi connectivity index (χ4v) is 2.16. The number of urea groups is 1. The van der Waals surface area contributed by atoms with Gasteiger partial charge < -0.3 is 15.0 Å². The minimum atomic E-state index is -0.251. The first-order valence-electron chi connectivity index (χ1n) is 6.24. The van der Waals surface area contributed by atoms with E-state index in [-0.39, 0.29) is 17.9 Å². The van der Waals surface area contributed by atoms with Gasteiger partial charge in [-0.25, -0.2) is 4.79 Å². The van der Waals surface area contributed by atoms with E-state index >= 15 is 0 Å². The zero-order valence-corrected chi connectivity index (χ0v) is 10.8. The van der Waals surface area contributed by atoms with E-state index in [0.29, 0.717) is 18.8 Å². The van der Waals surface area contributed by atoms with Crippen molar-refractivity contribution in [2.45, 2.75) is 12.8 Å². The van der Waals surface area contributed by atoms with Gasteiger partial charge in [0.2, 0.25) is 0 Å². The number of pyridine rings is 1. The number of carbonyl (C=O) groups is 2. The van der Waals surface area contributed by atoms with Crippen LogP contribution < -0.4 is 5.32 Å². The number of hydrogen-bond donors (Lipinski definition) is 1. The van der Waals surface area contributed by atoms with E-state index in [1.165, 1.54) is 7.11 Å². The lowest BCUT2D eigenvalue weighted by molar-refractivity contribution is -0.146. The molecule has 1 saturated heterocycles.